The number of hydrogen-bond donors (Lipinski definition) is 2. The molecule has 34 heavy (non-hydrogen) atoms. The maximum atomic E-state index is 10.5. The van der Waals surface area contributed by atoms with Crippen LogP contribution in [-0.4, -0.2) is 84.7 Å². The standard InChI is InChI=1S/C28H38N2O4/c31-25(19-33-27-9-7-21-3-1-5-23(21)15-27)17-29-11-13-30(14-12-29)18-26(32)20-34-28-10-8-22-4-2-6-24(22)16-28/h7-10,15-16,25-26,31-32H,1-6,11-14,17-20H2. The lowest BCUT2D eigenvalue weighted by Crippen LogP contribution is -2.51. The van der Waals surface area contributed by atoms with Gasteiger partial charge in [0.25, 0.3) is 0 Å². The third-order valence-corrected chi connectivity index (χ3v) is 7.43. The minimum atomic E-state index is -0.508. The number of aryl methyl sites for hydroxylation is 4. The molecule has 0 aromatic heterocycles. The highest BCUT2D eigenvalue weighted by Gasteiger charge is 2.22. The van der Waals surface area contributed by atoms with Gasteiger partial charge in [0.05, 0.1) is 0 Å². The monoisotopic (exact) mass is 466 g/mol. The van der Waals surface area contributed by atoms with Crippen molar-refractivity contribution in [2.45, 2.75) is 50.7 Å². The molecule has 2 unspecified atom stereocenters. The van der Waals surface area contributed by atoms with Crippen molar-refractivity contribution in [2.24, 2.45) is 0 Å². The number of piperazine rings is 1. The summed E-state index contributed by atoms with van der Waals surface area (Å²) in [4.78, 5) is 4.56. The lowest BCUT2D eigenvalue weighted by atomic mass is 10.1. The van der Waals surface area contributed by atoms with Crippen LogP contribution in [0.5, 0.6) is 11.5 Å². The zero-order valence-corrected chi connectivity index (χ0v) is 20.1. The van der Waals surface area contributed by atoms with Crippen LogP contribution in [0, 0.1) is 0 Å². The van der Waals surface area contributed by atoms with E-state index in [-0.39, 0.29) is 0 Å². The number of hydrogen-bond acceptors (Lipinski definition) is 6. The molecule has 1 saturated heterocycles. The molecular formula is C28H38N2O4. The maximum absolute atomic E-state index is 10.5. The molecule has 2 aromatic carbocycles. The first kappa shape index (κ1) is 23.6. The van der Waals surface area contributed by atoms with Gasteiger partial charge < -0.3 is 19.7 Å². The van der Waals surface area contributed by atoms with Gasteiger partial charge in [0.2, 0.25) is 0 Å². The van der Waals surface area contributed by atoms with Gasteiger partial charge in [-0.3, -0.25) is 9.80 Å². The number of β-amino-alcohol motifs (C(OH)–C–C–N with tert-alkyl or cyclic N) is 2. The van der Waals surface area contributed by atoms with Gasteiger partial charge in [0, 0.05) is 39.3 Å². The third-order valence-electron chi connectivity index (χ3n) is 7.43. The Morgan fingerprint density at radius 2 is 1.03 bits per heavy atom. The van der Waals surface area contributed by atoms with Gasteiger partial charge in [-0.15, -0.1) is 0 Å². The van der Waals surface area contributed by atoms with Crippen LogP contribution in [0.25, 0.3) is 0 Å². The van der Waals surface area contributed by atoms with E-state index in [2.05, 4.69) is 34.1 Å². The minimum absolute atomic E-state index is 0.317. The molecule has 2 aliphatic carbocycles. The van der Waals surface area contributed by atoms with Crippen LogP contribution in [0.3, 0.4) is 0 Å². The Kier molecular flexibility index (Phi) is 7.70. The normalized spacial score (nSPS) is 20.1. The van der Waals surface area contributed by atoms with Crippen molar-refractivity contribution in [3.63, 3.8) is 0 Å². The molecule has 1 fully saturated rings. The molecular weight excluding hydrogens is 428 g/mol. The van der Waals surface area contributed by atoms with Crippen LogP contribution < -0.4 is 9.47 Å². The van der Waals surface area contributed by atoms with Gasteiger partial charge in [0.15, 0.2) is 0 Å². The summed E-state index contributed by atoms with van der Waals surface area (Å²) in [5, 5.41) is 20.9. The largest absolute Gasteiger partial charge is 0.491 e. The van der Waals surface area contributed by atoms with E-state index in [4.69, 9.17) is 9.47 Å². The lowest BCUT2D eigenvalue weighted by molar-refractivity contribution is 0.0240. The molecule has 0 spiro atoms. The van der Waals surface area contributed by atoms with E-state index in [1.54, 1.807) is 0 Å². The van der Waals surface area contributed by atoms with Crippen molar-refractivity contribution in [2.75, 3.05) is 52.5 Å². The van der Waals surface area contributed by atoms with E-state index in [0.29, 0.717) is 26.3 Å². The van der Waals surface area contributed by atoms with Gasteiger partial charge in [0.1, 0.15) is 36.9 Å². The summed E-state index contributed by atoms with van der Waals surface area (Å²) in [6.07, 6.45) is 6.05. The molecule has 6 nitrogen and oxygen atoms in total. The molecule has 1 aliphatic heterocycles. The number of benzene rings is 2. The van der Waals surface area contributed by atoms with Crippen LogP contribution in [0.4, 0.5) is 0 Å². The first-order valence-electron chi connectivity index (χ1n) is 12.9. The second kappa shape index (κ2) is 11.1. The smallest absolute Gasteiger partial charge is 0.119 e. The highest BCUT2D eigenvalue weighted by atomic mass is 16.5. The highest BCUT2D eigenvalue weighted by molar-refractivity contribution is 5.39. The summed E-state index contributed by atoms with van der Waals surface area (Å²) in [5.74, 6) is 1.72. The van der Waals surface area contributed by atoms with Crippen LogP contribution in [-0.2, 0) is 25.7 Å². The maximum Gasteiger partial charge on any atom is 0.119 e. The van der Waals surface area contributed by atoms with Crippen molar-refractivity contribution >= 4 is 0 Å². The minimum Gasteiger partial charge on any atom is -0.491 e. The predicted octanol–water partition coefficient (Wildman–Crippen LogP) is 2.46. The molecule has 5 rings (SSSR count). The molecule has 0 bridgehead atoms. The summed E-state index contributed by atoms with van der Waals surface area (Å²) in [6, 6.07) is 12.6. The summed E-state index contributed by atoms with van der Waals surface area (Å²) in [5.41, 5.74) is 5.65. The average Bonchev–Trinajstić information content (AvgIpc) is 3.51. The molecule has 0 saturated carbocycles. The van der Waals surface area contributed by atoms with Gasteiger partial charge >= 0.3 is 0 Å². The van der Waals surface area contributed by atoms with E-state index in [9.17, 15) is 10.2 Å². The molecule has 6 heteroatoms. The average molecular weight is 467 g/mol. The lowest BCUT2D eigenvalue weighted by Gasteiger charge is -2.36. The van der Waals surface area contributed by atoms with Crippen LogP contribution >= 0.6 is 0 Å². The summed E-state index contributed by atoms with van der Waals surface area (Å²) in [6.45, 7) is 5.40. The predicted molar refractivity (Wildman–Crippen MR) is 133 cm³/mol. The Morgan fingerprint density at radius 3 is 1.47 bits per heavy atom. The van der Waals surface area contributed by atoms with E-state index < -0.39 is 12.2 Å². The fraction of sp³-hybridized carbons (Fsp3) is 0.571. The summed E-state index contributed by atoms with van der Waals surface area (Å²) < 4.78 is 11.7. The number of nitrogens with zero attached hydrogens (tertiary/aromatic N) is 2. The zero-order chi connectivity index (χ0) is 23.3. The number of aliphatic hydroxyl groups excluding tert-OH is 2. The van der Waals surface area contributed by atoms with E-state index in [1.165, 1.54) is 47.9 Å². The Labute approximate surface area is 203 Å². The fourth-order valence-corrected chi connectivity index (χ4v) is 5.52. The Bertz CT molecular complexity index is 880. The van der Waals surface area contributed by atoms with Gasteiger partial charge in [-0.25, -0.2) is 0 Å². The van der Waals surface area contributed by atoms with Crippen molar-refractivity contribution in [3.8, 4) is 11.5 Å². The van der Waals surface area contributed by atoms with E-state index >= 15 is 0 Å². The third kappa shape index (κ3) is 6.11. The molecule has 2 N–H and O–H groups in total. The molecule has 1 heterocycles. The van der Waals surface area contributed by atoms with Crippen LogP contribution in [0.2, 0.25) is 0 Å². The summed E-state index contributed by atoms with van der Waals surface area (Å²) in [7, 11) is 0. The second-order valence-corrected chi connectivity index (χ2v) is 10.1. The molecule has 2 atom stereocenters. The van der Waals surface area contributed by atoms with Gasteiger partial charge in [-0.05, 0) is 85.0 Å². The number of ether oxygens (including phenoxy) is 2. The Morgan fingerprint density at radius 1 is 0.618 bits per heavy atom. The van der Waals surface area contributed by atoms with Gasteiger partial charge in [-0.1, -0.05) is 12.1 Å². The van der Waals surface area contributed by atoms with Crippen molar-refractivity contribution in [1.29, 1.82) is 0 Å². The highest BCUT2D eigenvalue weighted by Crippen LogP contribution is 2.27. The fourth-order valence-electron chi connectivity index (χ4n) is 5.52. The van der Waals surface area contributed by atoms with Crippen molar-refractivity contribution < 1.29 is 19.7 Å². The first-order valence-corrected chi connectivity index (χ1v) is 12.9. The van der Waals surface area contributed by atoms with E-state index in [1.807, 2.05) is 12.1 Å². The Hall–Kier alpha value is -2.12. The zero-order valence-electron chi connectivity index (χ0n) is 20.1. The summed E-state index contributed by atoms with van der Waals surface area (Å²) >= 11 is 0. The van der Waals surface area contributed by atoms with Crippen LogP contribution in [0.15, 0.2) is 36.4 Å². The molecule has 0 amide bonds. The quantitative estimate of drug-likeness (QED) is 0.561. The van der Waals surface area contributed by atoms with Crippen LogP contribution in [0.1, 0.15) is 35.1 Å². The molecule has 184 valence electrons. The molecule has 2 aromatic rings. The SMILES string of the molecule is OC(COc1ccc2c(c1)CCC2)CN1CCN(CC(O)COc2ccc3c(c2)CCC3)CC1. The first-order chi connectivity index (χ1) is 16.6. The number of rotatable bonds is 10. The number of fused-ring (bicyclic) bond motifs is 2. The van der Waals surface area contributed by atoms with Crippen molar-refractivity contribution in [1.82, 2.24) is 9.80 Å². The number of aliphatic hydroxyl groups is 2. The second-order valence-electron chi connectivity index (χ2n) is 10.1. The molecule has 0 radical (unpaired) electrons. The van der Waals surface area contributed by atoms with Crippen molar-refractivity contribution in [3.05, 3.63) is 58.7 Å². The van der Waals surface area contributed by atoms with E-state index in [0.717, 1.165) is 50.5 Å². The van der Waals surface area contributed by atoms with Gasteiger partial charge in [-0.2, -0.15) is 0 Å². The topological polar surface area (TPSA) is 65.4 Å². The molecule has 3 aliphatic rings. The Balaban J connectivity index is 0.977.